The van der Waals surface area contributed by atoms with Crippen LogP contribution in [0.2, 0.25) is 0 Å². The van der Waals surface area contributed by atoms with Crippen LogP contribution < -0.4 is 5.32 Å². The summed E-state index contributed by atoms with van der Waals surface area (Å²) in [6.45, 7) is 7.33. The van der Waals surface area contributed by atoms with Crippen LogP contribution in [0.4, 0.5) is 0 Å². The molecule has 0 heterocycles. The minimum atomic E-state index is -0.655. The first kappa shape index (κ1) is 10.5. The molecule has 13 heavy (non-hydrogen) atoms. The van der Waals surface area contributed by atoms with Crippen molar-refractivity contribution in [1.29, 1.82) is 0 Å². The molecule has 0 bridgehead atoms. The number of hydrogen-bond donors (Lipinski definition) is 2. The van der Waals surface area contributed by atoms with Gasteiger partial charge in [-0.25, -0.2) is 0 Å². The molecule has 1 rings (SSSR count). The van der Waals surface area contributed by atoms with E-state index in [0.29, 0.717) is 0 Å². The summed E-state index contributed by atoms with van der Waals surface area (Å²) in [6, 6.07) is 0.205. The van der Waals surface area contributed by atoms with E-state index in [2.05, 4.69) is 26.1 Å². The zero-order valence-electron chi connectivity index (χ0n) is 8.63. The Bertz CT molecular complexity index is 196. The third-order valence-corrected chi connectivity index (χ3v) is 2.49. The molecule has 0 aliphatic heterocycles. The summed E-state index contributed by atoms with van der Waals surface area (Å²) in [7, 11) is 0. The molecule has 0 aromatic heterocycles. The molecule has 0 amide bonds. The minimum Gasteiger partial charge on any atom is -0.481 e. The highest BCUT2D eigenvalue weighted by molar-refractivity contribution is 5.72. The molecule has 3 heteroatoms. The summed E-state index contributed by atoms with van der Waals surface area (Å²) < 4.78 is 0. The maximum atomic E-state index is 10.7. The van der Waals surface area contributed by atoms with Crippen molar-refractivity contribution < 1.29 is 9.90 Å². The van der Waals surface area contributed by atoms with Crippen molar-refractivity contribution in [2.24, 2.45) is 11.3 Å². The van der Waals surface area contributed by atoms with Crippen LogP contribution in [0.3, 0.4) is 0 Å². The molecule has 2 atom stereocenters. The van der Waals surface area contributed by atoms with Crippen molar-refractivity contribution in [2.75, 3.05) is 6.54 Å². The van der Waals surface area contributed by atoms with E-state index in [1.807, 2.05) is 0 Å². The van der Waals surface area contributed by atoms with Crippen molar-refractivity contribution in [1.82, 2.24) is 5.32 Å². The highest BCUT2D eigenvalue weighted by atomic mass is 16.4. The fourth-order valence-electron chi connectivity index (χ4n) is 1.48. The Morgan fingerprint density at radius 1 is 1.46 bits per heavy atom. The van der Waals surface area contributed by atoms with Crippen LogP contribution in [-0.2, 0) is 4.79 Å². The zero-order valence-corrected chi connectivity index (χ0v) is 8.63. The monoisotopic (exact) mass is 185 g/mol. The topological polar surface area (TPSA) is 49.3 Å². The fourth-order valence-corrected chi connectivity index (χ4v) is 1.48. The Morgan fingerprint density at radius 3 is 2.38 bits per heavy atom. The number of rotatable bonds is 3. The van der Waals surface area contributed by atoms with Crippen LogP contribution in [0, 0.1) is 11.3 Å². The minimum absolute atomic E-state index is 0.151. The first-order valence-electron chi connectivity index (χ1n) is 4.86. The van der Waals surface area contributed by atoms with Crippen LogP contribution in [-0.4, -0.2) is 23.7 Å². The van der Waals surface area contributed by atoms with Crippen molar-refractivity contribution in [2.45, 2.75) is 39.7 Å². The molecule has 0 spiro atoms. The van der Waals surface area contributed by atoms with Crippen molar-refractivity contribution >= 4 is 5.97 Å². The average molecular weight is 185 g/mol. The number of carboxylic acids is 1. The van der Waals surface area contributed by atoms with E-state index in [-0.39, 0.29) is 17.4 Å². The summed E-state index contributed by atoms with van der Waals surface area (Å²) in [4.78, 5) is 10.7. The summed E-state index contributed by atoms with van der Waals surface area (Å²) in [6.07, 6.45) is 1.84. The molecule has 0 radical (unpaired) electrons. The van der Waals surface area contributed by atoms with Gasteiger partial charge in [0.1, 0.15) is 0 Å². The maximum absolute atomic E-state index is 10.7. The second kappa shape index (κ2) is 3.66. The Balaban J connectivity index is 2.27. The molecule has 0 aromatic rings. The van der Waals surface area contributed by atoms with Gasteiger partial charge in [0.05, 0.1) is 5.92 Å². The van der Waals surface area contributed by atoms with Gasteiger partial charge in [-0.15, -0.1) is 0 Å². The summed E-state index contributed by atoms with van der Waals surface area (Å²) in [5, 5.41) is 12.1. The smallest absolute Gasteiger partial charge is 0.308 e. The molecular weight excluding hydrogens is 166 g/mol. The first-order valence-corrected chi connectivity index (χ1v) is 4.86. The van der Waals surface area contributed by atoms with Gasteiger partial charge in [-0.3, -0.25) is 4.79 Å². The van der Waals surface area contributed by atoms with Gasteiger partial charge in [-0.2, -0.15) is 0 Å². The Kier molecular flexibility index (Phi) is 2.96. The number of carbonyl (C=O) groups is 1. The predicted molar refractivity (Wildman–Crippen MR) is 51.6 cm³/mol. The fraction of sp³-hybridized carbons (Fsp3) is 0.900. The lowest BCUT2D eigenvalue weighted by Gasteiger charge is -2.36. The molecule has 1 fully saturated rings. The van der Waals surface area contributed by atoms with Gasteiger partial charge in [0, 0.05) is 12.6 Å². The molecule has 76 valence electrons. The summed E-state index contributed by atoms with van der Waals surface area (Å²) >= 11 is 0. The lowest BCUT2D eigenvalue weighted by atomic mass is 9.79. The van der Waals surface area contributed by atoms with E-state index in [9.17, 15) is 4.79 Å². The quantitative estimate of drug-likeness (QED) is 0.700. The van der Waals surface area contributed by atoms with E-state index in [1.54, 1.807) is 0 Å². The molecule has 1 aliphatic rings. The van der Waals surface area contributed by atoms with E-state index in [4.69, 9.17) is 5.11 Å². The van der Waals surface area contributed by atoms with Gasteiger partial charge in [-0.1, -0.05) is 20.8 Å². The lowest BCUT2D eigenvalue weighted by Crippen LogP contribution is -2.49. The molecule has 1 aliphatic carbocycles. The number of aliphatic carboxylic acids is 1. The third-order valence-electron chi connectivity index (χ3n) is 2.49. The number of carboxylic acid groups (broad SMARTS) is 1. The van der Waals surface area contributed by atoms with Crippen LogP contribution in [0.1, 0.15) is 33.6 Å². The molecule has 2 N–H and O–H groups in total. The molecule has 2 unspecified atom stereocenters. The normalized spacial score (nSPS) is 28.2. The van der Waals surface area contributed by atoms with Gasteiger partial charge in [0.2, 0.25) is 0 Å². The number of nitrogens with one attached hydrogen (secondary N) is 1. The van der Waals surface area contributed by atoms with E-state index in [1.165, 1.54) is 0 Å². The van der Waals surface area contributed by atoms with Crippen molar-refractivity contribution in [3.63, 3.8) is 0 Å². The van der Waals surface area contributed by atoms with Crippen LogP contribution >= 0.6 is 0 Å². The number of hydrogen-bond acceptors (Lipinski definition) is 2. The molecule has 0 saturated heterocycles. The van der Waals surface area contributed by atoms with Crippen LogP contribution in [0.25, 0.3) is 0 Å². The zero-order chi connectivity index (χ0) is 10.1. The second-order valence-corrected chi connectivity index (χ2v) is 5.07. The van der Waals surface area contributed by atoms with E-state index in [0.717, 1.165) is 19.4 Å². The maximum Gasteiger partial charge on any atom is 0.308 e. The Labute approximate surface area is 79.5 Å². The van der Waals surface area contributed by atoms with E-state index < -0.39 is 5.97 Å². The van der Waals surface area contributed by atoms with Crippen LogP contribution in [0.15, 0.2) is 0 Å². The third kappa shape index (κ3) is 2.99. The molecule has 0 aromatic carbocycles. The molecule has 3 nitrogen and oxygen atoms in total. The standard InChI is InChI=1S/C10H19NO2/c1-10(2,3)6-11-8-5-4-7(8)9(12)13/h7-8,11H,4-6H2,1-3H3,(H,12,13). The predicted octanol–water partition coefficient (Wildman–Crippen LogP) is 1.49. The molecule has 1 saturated carbocycles. The van der Waals surface area contributed by atoms with Gasteiger partial charge < -0.3 is 10.4 Å². The first-order chi connectivity index (χ1) is 5.90. The van der Waals surface area contributed by atoms with E-state index >= 15 is 0 Å². The highest BCUT2D eigenvalue weighted by Crippen LogP contribution is 2.28. The highest BCUT2D eigenvalue weighted by Gasteiger charge is 2.36. The second-order valence-electron chi connectivity index (χ2n) is 5.07. The molecular formula is C10H19NO2. The van der Waals surface area contributed by atoms with Gasteiger partial charge in [0.25, 0.3) is 0 Å². The van der Waals surface area contributed by atoms with Gasteiger partial charge in [0.15, 0.2) is 0 Å². The Morgan fingerprint density at radius 2 is 2.08 bits per heavy atom. The van der Waals surface area contributed by atoms with Gasteiger partial charge >= 0.3 is 5.97 Å². The largest absolute Gasteiger partial charge is 0.481 e. The van der Waals surface area contributed by atoms with Crippen molar-refractivity contribution in [3.8, 4) is 0 Å². The average Bonchev–Trinajstić information content (AvgIpc) is 1.79. The van der Waals surface area contributed by atoms with Crippen LogP contribution in [0.5, 0.6) is 0 Å². The summed E-state index contributed by atoms with van der Waals surface area (Å²) in [5.41, 5.74) is 0.235. The SMILES string of the molecule is CC(C)(C)CNC1CCC1C(=O)O. The van der Waals surface area contributed by atoms with Crippen molar-refractivity contribution in [3.05, 3.63) is 0 Å². The summed E-state index contributed by atoms with van der Waals surface area (Å²) in [5.74, 6) is -0.806. The lowest BCUT2D eigenvalue weighted by molar-refractivity contribution is -0.146. The van der Waals surface area contributed by atoms with Gasteiger partial charge in [-0.05, 0) is 18.3 Å². The Hall–Kier alpha value is -0.570.